The molecule has 0 spiro atoms. The summed E-state index contributed by atoms with van der Waals surface area (Å²) in [5.41, 5.74) is 0.926. The highest BCUT2D eigenvalue weighted by Crippen LogP contribution is 2.09. The molecule has 48 valence electrons. The Hall–Kier alpha value is -1.65. The Morgan fingerprint density at radius 1 is 1.40 bits per heavy atom. The molecule has 5 nitrogen and oxygen atoms in total. The molecule has 0 saturated carbocycles. The first-order chi connectivity index (χ1) is 4.88. The Morgan fingerprint density at radius 3 is 3.10 bits per heavy atom. The van der Waals surface area contributed by atoms with E-state index in [0.717, 1.165) is 0 Å². The van der Waals surface area contributed by atoms with E-state index in [9.17, 15) is 4.79 Å². The lowest BCUT2D eigenvalue weighted by atomic mass is 10.2. The first-order valence-electron chi connectivity index (χ1n) is 2.65. The number of hydrogen-bond acceptors (Lipinski definition) is 4. The van der Waals surface area contributed by atoms with Gasteiger partial charge in [-0.1, -0.05) is 0 Å². The number of carbonyl (C=O) groups excluding carboxylic acids is 1. The molecule has 0 saturated heterocycles. The number of azo groups is 1. The van der Waals surface area contributed by atoms with Gasteiger partial charge in [0.05, 0.1) is 12.4 Å². The zero-order valence-electron chi connectivity index (χ0n) is 4.85. The van der Waals surface area contributed by atoms with Gasteiger partial charge in [-0.3, -0.25) is 4.79 Å². The van der Waals surface area contributed by atoms with Gasteiger partial charge < -0.3 is 0 Å². The SMILES string of the molecule is O=C1N=NC=C2C=NN=C12. The van der Waals surface area contributed by atoms with E-state index in [1.807, 2.05) is 0 Å². The largest absolute Gasteiger partial charge is 0.316 e. The molecule has 0 N–H and O–H groups in total. The average molecular weight is 134 g/mol. The molecule has 0 aliphatic carbocycles. The second-order valence-electron chi connectivity index (χ2n) is 1.80. The van der Waals surface area contributed by atoms with Gasteiger partial charge in [-0.2, -0.15) is 10.2 Å². The van der Waals surface area contributed by atoms with Crippen molar-refractivity contribution in [1.29, 1.82) is 0 Å². The van der Waals surface area contributed by atoms with Crippen LogP contribution in [0.15, 0.2) is 32.2 Å². The van der Waals surface area contributed by atoms with E-state index in [4.69, 9.17) is 0 Å². The van der Waals surface area contributed by atoms with Crippen LogP contribution in [0.5, 0.6) is 0 Å². The maximum atomic E-state index is 10.8. The maximum absolute atomic E-state index is 10.8. The third kappa shape index (κ3) is 0.540. The molecule has 0 aromatic heterocycles. The normalized spacial score (nSPS) is 20.6. The van der Waals surface area contributed by atoms with Crippen molar-refractivity contribution in [3.63, 3.8) is 0 Å². The van der Waals surface area contributed by atoms with Gasteiger partial charge in [-0.25, -0.2) is 0 Å². The molecule has 1 amide bonds. The summed E-state index contributed by atoms with van der Waals surface area (Å²) in [7, 11) is 0. The van der Waals surface area contributed by atoms with Gasteiger partial charge in [0, 0.05) is 5.57 Å². The van der Waals surface area contributed by atoms with Crippen LogP contribution in [0.1, 0.15) is 0 Å². The third-order valence-electron chi connectivity index (χ3n) is 1.18. The monoisotopic (exact) mass is 134 g/mol. The first kappa shape index (κ1) is 5.16. The molecule has 2 heterocycles. The third-order valence-corrected chi connectivity index (χ3v) is 1.18. The van der Waals surface area contributed by atoms with Crippen molar-refractivity contribution >= 4 is 17.8 Å². The van der Waals surface area contributed by atoms with E-state index in [2.05, 4.69) is 20.4 Å². The minimum Gasteiger partial charge on any atom is -0.263 e. The molecule has 2 rings (SSSR count). The van der Waals surface area contributed by atoms with Crippen LogP contribution in [0.2, 0.25) is 0 Å². The van der Waals surface area contributed by atoms with Crippen molar-refractivity contribution in [2.24, 2.45) is 20.4 Å². The highest BCUT2D eigenvalue weighted by molar-refractivity contribution is 6.51. The quantitative estimate of drug-likeness (QED) is 0.469. The summed E-state index contributed by atoms with van der Waals surface area (Å²) < 4.78 is 0. The van der Waals surface area contributed by atoms with Gasteiger partial charge in [0.1, 0.15) is 0 Å². The Morgan fingerprint density at radius 2 is 2.30 bits per heavy atom. The van der Waals surface area contributed by atoms with Crippen LogP contribution >= 0.6 is 0 Å². The van der Waals surface area contributed by atoms with Crippen molar-refractivity contribution in [3.05, 3.63) is 11.8 Å². The average Bonchev–Trinajstić information content (AvgIpc) is 2.36. The van der Waals surface area contributed by atoms with Gasteiger partial charge in [-0.15, -0.1) is 10.2 Å². The van der Waals surface area contributed by atoms with Crippen LogP contribution in [0, 0.1) is 0 Å². The van der Waals surface area contributed by atoms with E-state index in [0.29, 0.717) is 5.57 Å². The molecule has 0 aromatic rings. The lowest BCUT2D eigenvalue weighted by molar-refractivity contribution is -0.112. The summed E-state index contributed by atoms with van der Waals surface area (Å²) in [6, 6.07) is 0. The van der Waals surface area contributed by atoms with Crippen molar-refractivity contribution in [2.75, 3.05) is 0 Å². The number of nitrogens with zero attached hydrogens (tertiary/aromatic N) is 4. The molecule has 0 atom stereocenters. The van der Waals surface area contributed by atoms with E-state index >= 15 is 0 Å². The minimum atomic E-state index is -0.421. The molecule has 0 fully saturated rings. The van der Waals surface area contributed by atoms with Crippen LogP contribution < -0.4 is 0 Å². The Kier molecular flexibility index (Phi) is 0.858. The topological polar surface area (TPSA) is 66.5 Å². The summed E-state index contributed by atoms with van der Waals surface area (Å²) in [6.45, 7) is 0. The van der Waals surface area contributed by atoms with E-state index < -0.39 is 5.91 Å². The molecule has 0 unspecified atom stereocenters. The standard InChI is InChI=1S/C5H2N4O/c10-5-4-3(1-6-8-4)2-7-9-5/h1-2H. The van der Waals surface area contributed by atoms with Crippen LogP contribution in [-0.2, 0) is 4.79 Å². The van der Waals surface area contributed by atoms with Crippen molar-refractivity contribution < 1.29 is 4.79 Å². The first-order valence-corrected chi connectivity index (χ1v) is 2.65. The van der Waals surface area contributed by atoms with Gasteiger partial charge in [0.15, 0.2) is 5.71 Å². The Labute approximate surface area is 55.9 Å². The molecule has 0 aromatic carbocycles. The Balaban J connectivity index is 2.54. The van der Waals surface area contributed by atoms with Crippen molar-refractivity contribution in [2.45, 2.75) is 0 Å². The zero-order valence-corrected chi connectivity index (χ0v) is 4.85. The lowest BCUT2D eigenvalue weighted by Gasteiger charge is -1.95. The van der Waals surface area contributed by atoms with E-state index in [1.165, 1.54) is 12.4 Å². The number of amides is 1. The van der Waals surface area contributed by atoms with Gasteiger partial charge >= 0.3 is 5.91 Å². The molecule has 2 aliphatic heterocycles. The van der Waals surface area contributed by atoms with E-state index in [1.54, 1.807) is 0 Å². The highest BCUT2D eigenvalue weighted by Gasteiger charge is 2.21. The van der Waals surface area contributed by atoms with Crippen LogP contribution in [0.25, 0.3) is 0 Å². The fourth-order valence-corrected chi connectivity index (χ4v) is 0.719. The lowest BCUT2D eigenvalue weighted by Crippen LogP contribution is -2.13. The van der Waals surface area contributed by atoms with Gasteiger partial charge in [0.2, 0.25) is 0 Å². The number of rotatable bonds is 0. The number of fused-ring (bicyclic) bond motifs is 1. The summed E-state index contributed by atoms with van der Waals surface area (Å²) in [5.74, 6) is -0.421. The predicted octanol–water partition coefficient (Wildman–Crippen LogP) is 0.303. The summed E-state index contributed by atoms with van der Waals surface area (Å²) in [4.78, 5) is 10.8. The van der Waals surface area contributed by atoms with Crippen LogP contribution in [0.3, 0.4) is 0 Å². The highest BCUT2D eigenvalue weighted by atomic mass is 16.2. The molecular formula is C5H2N4O. The molecule has 5 heteroatoms. The molecule has 10 heavy (non-hydrogen) atoms. The summed E-state index contributed by atoms with van der Waals surface area (Å²) in [5, 5.41) is 13.8. The number of carbonyl (C=O) groups is 1. The summed E-state index contributed by atoms with van der Waals surface area (Å²) in [6.07, 6.45) is 2.93. The van der Waals surface area contributed by atoms with Crippen molar-refractivity contribution in [3.8, 4) is 0 Å². The Bertz CT molecular complexity index is 304. The molecule has 0 bridgehead atoms. The fraction of sp³-hybridized carbons (Fsp3) is 0. The maximum Gasteiger partial charge on any atom is 0.316 e. The van der Waals surface area contributed by atoms with Gasteiger partial charge in [0.25, 0.3) is 0 Å². The van der Waals surface area contributed by atoms with Crippen LogP contribution in [-0.4, -0.2) is 17.8 Å². The second-order valence-corrected chi connectivity index (χ2v) is 1.80. The fourth-order valence-electron chi connectivity index (χ4n) is 0.719. The number of hydrogen-bond donors (Lipinski definition) is 0. The summed E-state index contributed by atoms with van der Waals surface area (Å²) >= 11 is 0. The smallest absolute Gasteiger partial charge is 0.263 e. The van der Waals surface area contributed by atoms with E-state index in [-0.39, 0.29) is 5.71 Å². The predicted molar refractivity (Wildman–Crippen MR) is 33.9 cm³/mol. The second kappa shape index (κ2) is 1.66. The van der Waals surface area contributed by atoms with Crippen molar-refractivity contribution in [1.82, 2.24) is 0 Å². The molecular weight excluding hydrogens is 132 g/mol. The molecule has 0 radical (unpaired) electrons. The van der Waals surface area contributed by atoms with Gasteiger partial charge in [-0.05, 0) is 0 Å². The van der Waals surface area contributed by atoms with Crippen LogP contribution in [0.4, 0.5) is 0 Å². The minimum absolute atomic E-state index is 0.287. The zero-order chi connectivity index (χ0) is 6.97. The molecule has 2 aliphatic rings.